The topological polar surface area (TPSA) is 89.3 Å². The number of carbonyl (C=O) groups is 1. The van der Waals surface area contributed by atoms with E-state index in [2.05, 4.69) is 5.32 Å². The monoisotopic (exact) mass is 290 g/mol. The van der Waals surface area contributed by atoms with Crippen LogP contribution >= 0.6 is 11.6 Å². The molecule has 18 heavy (non-hydrogen) atoms. The van der Waals surface area contributed by atoms with Crippen LogP contribution in [0.3, 0.4) is 0 Å². The summed E-state index contributed by atoms with van der Waals surface area (Å²) in [4.78, 5) is 11.6. The van der Waals surface area contributed by atoms with Gasteiger partial charge < -0.3 is 5.32 Å². The fraction of sp³-hybridized carbons (Fsp3) is 0.364. The van der Waals surface area contributed by atoms with Crippen LogP contribution in [0.2, 0.25) is 5.02 Å². The van der Waals surface area contributed by atoms with Crippen LogP contribution in [-0.4, -0.2) is 20.9 Å². The molecule has 0 radical (unpaired) electrons. The lowest BCUT2D eigenvalue weighted by atomic mass is 10.2. The number of primary sulfonamides is 1. The number of nitrogens with one attached hydrogen (secondary N) is 1. The van der Waals surface area contributed by atoms with Gasteiger partial charge in [0.25, 0.3) is 5.91 Å². The van der Waals surface area contributed by atoms with Gasteiger partial charge in [-0.2, -0.15) is 0 Å². The average molecular weight is 291 g/mol. The van der Waals surface area contributed by atoms with Gasteiger partial charge in [-0.25, -0.2) is 13.6 Å². The summed E-state index contributed by atoms with van der Waals surface area (Å²) >= 11 is 5.76. The highest BCUT2D eigenvalue weighted by Crippen LogP contribution is 2.18. The molecule has 0 fully saturated rings. The Kier molecular flexibility index (Phi) is 4.72. The van der Waals surface area contributed by atoms with Crippen molar-refractivity contribution in [2.24, 2.45) is 11.1 Å². The maximum atomic E-state index is 11.8. The number of rotatable bonds is 4. The predicted octanol–water partition coefficient (Wildman–Crippen LogP) is 1.37. The summed E-state index contributed by atoms with van der Waals surface area (Å²) in [6.45, 7) is 4.40. The molecule has 0 aliphatic rings. The van der Waals surface area contributed by atoms with E-state index < -0.39 is 10.0 Å². The molecule has 3 N–H and O–H groups in total. The largest absolute Gasteiger partial charge is 0.352 e. The lowest BCUT2D eigenvalue weighted by molar-refractivity contribution is 0.0949. The molecular formula is C11H15ClN2O3S. The van der Waals surface area contributed by atoms with Gasteiger partial charge in [0.2, 0.25) is 10.0 Å². The first-order valence-corrected chi connectivity index (χ1v) is 7.24. The molecule has 0 unspecified atom stereocenters. The molecule has 1 aromatic carbocycles. The van der Waals surface area contributed by atoms with E-state index in [0.29, 0.717) is 12.5 Å². The summed E-state index contributed by atoms with van der Waals surface area (Å²) in [5.74, 6) is -0.0815. The van der Waals surface area contributed by atoms with E-state index in [-0.39, 0.29) is 21.4 Å². The molecule has 0 aromatic heterocycles. The van der Waals surface area contributed by atoms with Crippen LogP contribution in [-0.2, 0) is 10.0 Å². The number of carbonyl (C=O) groups excluding carboxylic acids is 1. The van der Waals surface area contributed by atoms with Crippen molar-refractivity contribution in [1.29, 1.82) is 0 Å². The smallest absolute Gasteiger partial charge is 0.251 e. The summed E-state index contributed by atoms with van der Waals surface area (Å²) in [5.41, 5.74) is 0.173. The maximum absolute atomic E-state index is 11.8. The minimum Gasteiger partial charge on any atom is -0.352 e. The molecule has 1 aromatic rings. The van der Waals surface area contributed by atoms with Gasteiger partial charge >= 0.3 is 0 Å². The van der Waals surface area contributed by atoms with E-state index in [4.69, 9.17) is 16.7 Å². The summed E-state index contributed by atoms with van der Waals surface area (Å²) in [6.07, 6.45) is 0. The van der Waals surface area contributed by atoms with Gasteiger partial charge in [0.05, 0.1) is 4.90 Å². The molecule has 0 saturated carbocycles. The van der Waals surface area contributed by atoms with Crippen LogP contribution in [0.25, 0.3) is 0 Å². The van der Waals surface area contributed by atoms with Gasteiger partial charge in [-0.3, -0.25) is 4.79 Å². The second kappa shape index (κ2) is 5.69. The van der Waals surface area contributed by atoms with Crippen LogP contribution in [0.1, 0.15) is 24.2 Å². The fourth-order valence-electron chi connectivity index (χ4n) is 1.26. The predicted molar refractivity (Wildman–Crippen MR) is 70.0 cm³/mol. The zero-order valence-corrected chi connectivity index (χ0v) is 11.7. The average Bonchev–Trinajstić information content (AvgIpc) is 2.23. The highest BCUT2D eigenvalue weighted by Gasteiger charge is 2.14. The molecule has 0 aliphatic heterocycles. The van der Waals surface area contributed by atoms with Crippen molar-refractivity contribution in [2.75, 3.05) is 6.54 Å². The van der Waals surface area contributed by atoms with Crippen molar-refractivity contribution >= 4 is 27.5 Å². The Bertz CT molecular complexity index is 555. The summed E-state index contributed by atoms with van der Waals surface area (Å²) in [7, 11) is -3.88. The van der Waals surface area contributed by atoms with Crippen molar-refractivity contribution in [3.8, 4) is 0 Å². The summed E-state index contributed by atoms with van der Waals surface area (Å²) in [5, 5.41) is 7.82. The molecule has 100 valence electrons. The zero-order chi connectivity index (χ0) is 13.9. The molecule has 0 bridgehead atoms. The second-order valence-electron chi connectivity index (χ2n) is 4.32. The molecule has 1 amide bonds. The molecule has 0 spiro atoms. The number of hydrogen-bond donors (Lipinski definition) is 2. The highest BCUT2D eigenvalue weighted by molar-refractivity contribution is 7.89. The van der Waals surface area contributed by atoms with E-state index in [1.54, 1.807) is 0 Å². The Morgan fingerprint density at radius 3 is 2.50 bits per heavy atom. The Hall–Kier alpha value is -1.11. The van der Waals surface area contributed by atoms with Gasteiger partial charge in [0.15, 0.2) is 0 Å². The first kappa shape index (κ1) is 14.9. The van der Waals surface area contributed by atoms with Gasteiger partial charge in [-0.1, -0.05) is 25.4 Å². The number of sulfonamides is 1. The summed E-state index contributed by atoms with van der Waals surface area (Å²) in [6, 6.07) is 3.80. The van der Waals surface area contributed by atoms with E-state index >= 15 is 0 Å². The lowest BCUT2D eigenvalue weighted by Gasteiger charge is -2.09. The van der Waals surface area contributed by atoms with Gasteiger partial charge in [0.1, 0.15) is 0 Å². The number of benzene rings is 1. The normalized spacial score (nSPS) is 11.6. The van der Waals surface area contributed by atoms with Crippen molar-refractivity contribution in [2.45, 2.75) is 18.7 Å². The Labute approximate surface area is 111 Å². The van der Waals surface area contributed by atoms with Crippen LogP contribution in [0.4, 0.5) is 0 Å². The van der Waals surface area contributed by atoms with Crippen LogP contribution in [0, 0.1) is 5.92 Å². The van der Waals surface area contributed by atoms with Gasteiger partial charge in [-0.05, 0) is 24.1 Å². The number of hydrogen-bond acceptors (Lipinski definition) is 3. The zero-order valence-electron chi connectivity index (χ0n) is 10.1. The minimum absolute atomic E-state index is 0.149. The first-order valence-electron chi connectivity index (χ1n) is 5.31. The molecule has 5 nitrogen and oxygen atoms in total. The molecule has 1 rings (SSSR count). The van der Waals surface area contributed by atoms with E-state index in [9.17, 15) is 13.2 Å². The first-order chi connectivity index (χ1) is 8.20. The quantitative estimate of drug-likeness (QED) is 0.878. The van der Waals surface area contributed by atoms with E-state index in [0.717, 1.165) is 0 Å². The third-order valence-electron chi connectivity index (χ3n) is 2.13. The van der Waals surface area contributed by atoms with Crippen molar-refractivity contribution in [1.82, 2.24) is 5.32 Å². The Balaban J connectivity index is 3.03. The second-order valence-corrected chi connectivity index (χ2v) is 6.32. The number of nitrogens with two attached hydrogens (primary N) is 1. The van der Waals surface area contributed by atoms with Crippen LogP contribution in [0.5, 0.6) is 0 Å². The third kappa shape index (κ3) is 4.29. The van der Waals surface area contributed by atoms with Crippen molar-refractivity contribution in [3.05, 3.63) is 28.8 Å². The maximum Gasteiger partial charge on any atom is 0.251 e. The SMILES string of the molecule is CC(C)CNC(=O)c1cc(Cl)cc(S(N)(=O)=O)c1. The minimum atomic E-state index is -3.88. The van der Waals surface area contributed by atoms with Crippen LogP contribution in [0.15, 0.2) is 23.1 Å². The van der Waals surface area contributed by atoms with Crippen LogP contribution < -0.4 is 10.5 Å². The van der Waals surface area contributed by atoms with E-state index in [1.165, 1.54) is 18.2 Å². The molecular weight excluding hydrogens is 276 g/mol. The van der Waals surface area contributed by atoms with Crippen molar-refractivity contribution in [3.63, 3.8) is 0 Å². The van der Waals surface area contributed by atoms with Crippen molar-refractivity contribution < 1.29 is 13.2 Å². The molecule has 0 saturated heterocycles. The van der Waals surface area contributed by atoms with E-state index in [1.807, 2.05) is 13.8 Å². The molecule has 0 aliphatic carbocycles. The standard InChI is InChI=1S/C11H15ClN2O3S/c1-7(2)6-14-11(15)8-3-9(12)5-10(4-8)18(13,16)17/h3-5,7H,6H2,1-2H3,(H,14,15)(H2,13,16,17). The third-order valence-corrected chi connectivity index (χ3v) is 3.24. The lowest BCUT2D eigenvalue weighted by Crippen LogP contribution is -2.27. The Morgan fingerprint density at radius 2 is 2.00 bits per heavy atom. The molecule has 0 heterocycles. The van der Waals surface area contributed by atoms with Gasteiger partial charge in [0, 0.05) is 17.1 Å². The summed E-state index contributed by atoms with van der Waals surface area (Å²) < 4.78 is 22.4. The molecule has 7 heteroatoms. The fourth-order valence-corrected chi connectivity index (χ4v) is 2.14. The highest BCUT2D eigenvalue weighted by atomic mass is 35.5. The number of amides is 1. The number of halogens is 1. The Morgan fingerprint density at radius 1 is 1.39 bits per heavy atom. The molecule has 0 atom stereocenters. The van der Waals surface area contributed by atoms with Gasteiger partial charge in [-0.15, -0.1) is 0 Å².